The number of hydrogen-bond acceptors (Lipinski definition) is 3. The van der Waals surface area contributed by atoms with Gasteiger partial charge in [-0.05, 0) is 48.1 Å². The number of nitrogens with two attached hydrogens (primary N) is 1. The molecule has 1 rings (SSSR count). The summed E-state index contributed by atoms with van der Waals surface area (Å²) in [7, 11) is 0. The molecule has 1 unspecified atom stereocenters. The Morgan fingerprint density at radius 2 is 2.05 bits per heavy atom. The fourth-order valence-electron chi connectivity index (χ4n) is 1.99. The summed E-state index contributed by atoms with van der Waals surface area (Å²) in [4.78, 5) is 2.27. The summed E-state index contributed by atoms with van der Waals surface area (Å²) >= 11 is 9.10. The van der Waals surface area contributed by atoms with Gasteiger partial charge in [0.25, 0.3) is 0 Å². The molecule has 1 aromatic carbocycles. The molecule has 0 saturated carbocycles. The van der Waals surface area contributed by atoms with Gasteiger partial charge in [-0.1, -0.05) is 31.5 Å². The zero-order valence-electron chi connectivity index (χ0n) is 11.2. The second-order valence-electron chi connectivity index (χ2n) is 4.30. The second kappa shape index (κ2) is 8.17. The van der Waals surface area contributed by atoms with Gasteiger partial charge in [0.1, 0.15) is 5.82 Å². The zero-order chi connectivity index (χ0) is 14.4. The maximum absolute atomic E-state index is 14.1. The Balaban J connectivity index is 2.83. The summed E-state index contributed by atoms with van der Waals surface area (Å²) in [6.07, 6.45) is 0.729. The minimum Gasteiger partial charge on any atom is -0.304 e. The number of hydrogen-bond donors (Lipinski definition) is 2. The van der Waals surface area contributed by atoms with Crippen molar-refractivity contribution in [3.8, 4) is 0 Å². The van der Waals surface area contributed by atoms with E-state index in [0.717, 1.165) is 26.1 Å². The smallest absolute Gasteiger partial charge is 0.147 e. The van der Waals surface area contributed by atoms with Crippen molar-refractivity contribution in [1.29, 1.82) is 0 Å². The first-order chi connectivity index (χ1) is 9.04. The highest BCUT2D eigenvalue weighted by molar-refractivity contribution is 9.10. The molecule has 19 heavy (non-hydrogen) atoms. The Morgan fingerprint density at radius 1 is 1.42 bits per heavy atom. The minimum absolute atomic E-state index is 0.0978. The minimum atomic E-state index is -0.418. The van der Waals surface area contributed by atoms with Crippen LogP contribution in [0, 0.1) is 5.82 Å². The van der Waals surface area contributed by atoms with Crippen LogP contribution in [0.5, 0.6) is 0 Å². The normalized spacial score (nSPS) is 13.0. The SMILES string of the molecule is CCN(CC)CCC(NN)c1ccc(Br)c(Cl)c1F. The van der Waals surface area contributed by atoms with E-state index < -0.39 is 5.82 Å². The van der Waals surface area contributed by atoms with Crippen LogP contribution in [-0.4, -0.2) is 24.5 Å². The summed E-state index contributed by atoms with van der Waals surface area (Å²) in [6, 6.07) is 3.20. The molecule has 3 nitrogen and oxygen atoms in total. The first-order valence-corrected chi connectivity index (χ1v) is 7.54. The first kappa shape index (κ1) is 16.9. The molecule has 0 aliphatic rings. The van der Waals surface area contributed by atoms with Crippen LogP contribution < -0.4 is 11.3 Å². The van der Waals surface area contributed by atoms with Gasteiger partial charge < -0.3 is 4.90 Å². The molecule has 0 saturated heterocycles. The van der Waals surface area contributed by atoms with E-state index in [1.54, 1.807) is 12.1 Å². The average molecular weight is 353 g/mol. The number of benzene rings is 1. The van der Waals surface area contributed by atoms with Gasteiger partial charge in [0.05, 0.1) is 11.1 Å². The van der Waals surface area contributed by atoms with Crippen LogP contribution >= 0.6 is 27.5 Å². The van der Waals surface area contributed by atoms with Crippen LogP contribution in [0.15, 0.2) is 16.6 Å². The van der Waals surface area contributed by atoms with Crippen molar-refractivity contribution in [2.24, 2.45) is 5.84 Å². The van der Waals surface area contributed by atoms with Gasteiger partial charge in [0.2, 0.25) is 0 Å². The number of hydrazine groups is 1. The largest absolute Gasteiger partial charge is 0.304 e. The summed E-state index contributed by atoms with van der Waals surface area (Å²) in [5.41, 5.74) is 3.17. The summed E-state index contributed by atoms with van der Waals surface area (Å²) in [6.45, 7) is 7.00. The standard InChI is InChI=1S/C13H20BrClFN3/c1-3-19(4-2)8-7-11(18-17)9-5-6-10(14)12(15)13(9)16/h5-6,11,18H,3-4,7-8,17H2,1-2H3. The van der Waals surface area contributed by atoms with E-state index in [4.69, 9.17) is 17.4 Å². The summed E-state index contributed by atoms with van der Waals surface area (Å²) in [5, 5.41) is 0.0978. The third kappa shape index (κ3) is 4.39. The van der Waals surface area contributed by atoms with Gasteiger partial charge in [-0.25, -0.2) is 4.39 Å². The van der Waals surface area contributed by atoms with Crippen LogP contribution in [-0.2, 0) is 0 Å². The Bertz CT molecular complexity index is 413. The summed E-state index contributed by atoms with van der Waals surface area (Å²) in [5.74, 6) is 5.12. The number of nitrogens with zero attached hydrogens (tertiary/aromatic N) is 1. The quantitative estimate of drug-likeness (QED) is 0.448. The van der Waals surface area contributed by atoms with Crippen LogP contribution in [0.4, 0.5) is 4.39 Å². The van der Waals surface area contributed by atoms with E-state index >= 15 is 0 Å². The van der Waals surface area contributed by atoms with Crippen molar-refractivity contribution in [3.63, 3.8) is 0 Å². The van der Waals surface area contributed by atoms with E-state index in [-0.39, 0.29) is 11.1 Å². The highest BCUT2D eigenvalue weighted by atomic mass is 79.9. The predicted molar refractivity (Wildman–Crippen MR) is 81.6 cm³/mol. The van der Waals surface area contributed by atoms with Crippen molar-refractivity contribution in [2.45, 2.75) is 26.3 Å². The highest BCUT2D eigenvalue weighted by Crippen LogP contribution is 2.31. The Labute approximate surface area is 127 Å². The monoisotopic (exact) mass is 351 g/mol. The fourth-order valence-corrected chi connectivity index (χ4v) is 2.47. The predicted octanol–water partition coefficient (Wildman–Crippen LogP) is 3.48. The van der Waals surface area contributed by atoms with Crippen LogP contribution in [0.25, 0.3) is 0 Å². The van der Waals surface area contributed by atoms with Crippen molar-refractivity contribution >= 4 is 27.5 Å². The molecule has 1 atom stereocenters. The zero-order valence-corrected chi connectivity index (χ0v) is 13.6. The maximum Gasteiger partial charge on any atom is 0.147 e. The van der Waals surface area contributed by atoms with E-state index in [1.165, 1.54) is 0 Å². The molecule has 0 amide bonds. The van der Waals surface area contributed by atoms with Gasteiger partial charge in [-0.2, -0.15) is 0 Å². The Hall–Kier alpha value is -0.200. The van der Waals surface area contributed by atoms with Crippen LogP contribution in [0.2, 0.25) is 5.02 Å². The Morgan fingerprint density at radius 3 is 2.58 bits per heavy atom. The van der Waals surface area contributed by atoms with Crippen LogP contribution in [0.1, 0.15) is 31.9 Å². The van der Waals surface area contributed by atoms with Crippen molar-refractivity contribution in [2.75, 3.05) is 19.6 Å². The lowest BCUT2D eigenvalue weighted by Crippen LogP contribution is -2.33. The highest BCUT2D eigenvalue weighted by Gasteiger charge is 2.18. The molecule has 0 aliphatic heterocycles. The van der Waals surface area contributed by atoms with Crippen molar-refractivity contribution in [3.05, 3.63) is 33.0 Å². The molecule has 0 radical (unpaired) electrons. The van der Waals surface area contributed by atoms with Crippen LogP contribution in [0.3, 0.4) is 0 Å². The molecule has 0 spiro atoms. The number of nitrogens with one attached hydrogen (secondary N) is 1. The molecule has 0 aliphatic carbocycles. The van der Waals surface area contributed by atoms with E-state index in [0.29, 0.717) is 10.0 Å². The second-order valence-corrected chi connectivity index (χ2v) is 5.53. The van der Waals surface area contributed by atoms with Gasteiger partial charge in [0.15, 0.2) is 0 Å². The first-order valence-electron chi connectivity index (χ1n) is 6.36. The van der Waals surface area contributed by atoms with Gasteiger partial charge in [-0.3, -0.25) is 11.3 Å². The maximum atomic E-state index is 14.1. The molecule has 0 fully saturated rings. The van der Waals surface area contributed by atoms with Crippen molar-refractivity contribution in [1.82, 2.24) is 10.3 Å². The van der Waals surface area contributed by atoms with E-state index in [2.05, 4.69) is 40.1 Å². The molecule has 108 valence electrons. The molecule has 6 heteroatoms. The molecule has 3 N–H and O–H groups in total. The van der Waals surface area contributed by atoms with Gasteiger partial charge in [0, 0.05) is 10.0 Å². The van der Waals surface area contributed by atoms with Crippen molar-refractivity contribution < 1.29 is 4.39 Å². The summed E-state index contributed by atoms with van der Waals surface area (Å²) < 4.78 is 14.7. The number of halogens is 3. The lowest BCUT2D eigenvalue weighted by atomic mass is 10.0. The third-order valence-corrected chi connectivity index (χ3v) is 4.53. The lowest BCUT2D eigenvalue weighted by Gasteiger charge is -2.23. The molecule has 0 heterocycles. The molecule has 1 aromatic rings. The molecule has 0 bridgehead atoms. The fraction of sp³-hybridized carbons (Fsp3) is 0.538. The van der Waals surface area contributed by atoms with Gasteiger partial charge in [-0.15, -0.1) is 0 Å². The lowest BCUT2D eigenvalue weighted by molar-refractivity contribution is 0.281. The Kier molecular flexibility index (Phi) is 7.25. The van der Waals surface area contributed by atoms with E-state index in [1.807, 2.05) is 0 Å². The van der Waals surface area contributed by atoms with E-state index in [9.17, 15) is 4.39 Å². The average Bonchev–Trinajstić information content (AvgIpc) is 2.43. The number of rotatable bonds is 7. The molecular formula is C13H20BrClFN3. The molecular weight excluding hydrogens is 333 g/mol. The molecule has 0 aromatic heterocycles. The third-order valence-electron chi connectivity index (χ3n) is 3.27. The van der Waals surface area contributed by atoms with Gasteiger partial charge >= 0.3 is 0 Å². The topological polar surface area (TPSA) is 41.3 Å².